The van der Waals surface area contributed by atoms with Crippen LogP contribution in [0.3, 0.4) is 0 Å². The molecule has 3 rings (SSSR count). The fourth-order valence-corrected chi connectivity index (χ4v) is 5.15. The summed E-state index contributed by atoms with van der Waals surface area (Å²) in [5.74, 6) is 0.371. The minimum atomic E-state index is -4.49. The largest absolute Gasteiger partial charge is 0.416 e. The summed E-state index contributed by atoms with van der Waals surface area (Å²) in [6.07, 6.45) is -4.04. The Kier molecular flexibility index (Phi) is 8.62. The molecule has 0 aromatic heterocycles. The number of guanidine groups is 1. The Morgan fingerprint density at radius 3 is 2.57 bits per heavy atom. The summed E-state index contributed by atoms with van der Waals surface area (Å²) >= 11 is 0. The average molecular weight is 562 g/mol. The van der Waals surface area contributed by atoms with Crippen molar-refractivity contribution in [2.75, 3.05) is 49.8 Å². The van der Waals surface area contributed by atoms with Crippen molar-refractivity contribution in [1.29, 1.82) is 0 Å². The van der Waals surface area contributed by atoms with Crippen molar-refractivity contribution >= 4 is 45.5 Å². The molecular formula is C18H26F3IN4O3S. The molecule has 0 bridgehead atoms. The summed E-state index contributed by atoms with van der Waals surface area (Å²) in [4.78, 5) is 5.87. The van der Waals surface area contributed by atoms with E-state index in [1.165, 1.54) is 19.2 Å². The third-order valence-corrected chi connectivity index (χ3v) is 6.79. The predicted octanol–water partition coefficient (Wildman–Crippen LogP) is 2.01. The number of alkyl halides is 3. The fourth-order valence-electron chi connectivity index (χ4n) is 3.48. The second-order valence-electron chi connectivity index (χ2n) is 7.11. The lowest BCUT2D eigenvalue weighted by Gasteiger charge is -2.30. The van der Waals surface area contributed by atoms with E-state index in [1.54, 1.807) is 6.07 Å². The van der Waals surface area contributed by atoms with Crippen LogP contribution in [0.5, 0.6) is 0 Å². The molecule has 2 saturated heterocycles. The molecule has 30 heavy (non-hydrogen) atoms. The first-order valence-corrected chi connectivity index (χ1v) is 11.2. The third kappa shape index (κ3) is 6.61. The summed E-state index contributed by atoms with van der Waals surface area (Å²) in [7, 11) is -1.57. The summed E-state index contributed by atoms with van der Waals surface area (Å²) in [6, 6.07) is 4.02. The zero-order valence-corrected chi connectivity index (χ0v) is 19.7. The molecule has 2 heterocycles. The number of rotatable bonds is 4. The van der Waals surface area contributed by atoms with Gasteiger partial charge in [0.15, 0.2) is 15.8 Å². The Balaban J connectivity index is 0.00000320. The molecule has 1 unspecified atom stereocenters. The van der Waals surface area contributed by atoms with Crippen LogP contribution in [0.15, 0.2) is 23.2 Å². The van der Waals surface area contributed by atoms with Gasteiger partial charge in [0.2, 0.25) is 0 Å². The van der Waals surface area contributed by atoms with Gasteiger partial charge in [-0.05, 0) is 24.1 Å². The average Bonchev–Trinajstić information content (AvgIpc) is 3.03. The lowest BCUT2D eigenvalue weighted by molar-refractivity contribution is -0.138. The number of nitrogens with zero attached hydrogens (tertiary/aromatic N) is 2. The SMILES string of the molecule is CN=C(NCc1ccc(N2CCOCC2)cc1C(F)(F)F)NC1CCS(=O)(=O)C1.I. The van der Waals surface area contributed by atoms with Crippen LogP contribution in [0.1, 0.15) is 17.5 Å². The molecule has 0 aliphatic carbocycles. The molecular weight excluding hydrogens is 536 g/mol. The lowest BCUT2D eigenvalue weighted by Crippen LogP contribution is -2.43. The van der Waals surface area contributed by atoms with Gasteiger partial charge in [0.25, 0.3) is 0 Å². The maximum Gasteiger partial charge on any atom is 0.416 e. The van der Waals surface area contributed by atoms with E-state index in [1.807, 2.05) is 4.90 Å². The molecule has 2 fully saturated rings. The van der Waals surface area contributed by atoms with Crippen LogP contribution >= 0.6 is 24.0 Å². The van der Waals surface area contributed by atoms with Crippen LogP contribution in [0.2, 0.25) is 0 Å². The fraction of sp³-hybridized carbons (Fsp3) is 0.611. The third-order valence-electron chi connectivity index (χ3n) is 5.02. The predicted molar refractivity (Wildman–Crippen MR) is 120 cm³/mol. The summed E-state index contributed by atoms with van der Waals surface area (Å²) in [6.45, 7) is 2.00. The highest BCUT2D eigenvalue weighted by Gasteiger charge is 2.34. The Hall–Kier alpha value is -1.28. The maximum atomic E-state index is 13.6. The number of anilines is 1. The second kappa shape index (κ2) is 10.4. The van der Waals surface area contributed by atoms with Crippen molar-refractivity contribution in [3.63, 3.8) is 0 Å². The van der Waals surface area contributed by atoms with E-state index in [0.717, 1.165) is 0 Å². The van der Waals surface area contributed by atoms with E-state index < -0.39 is 21.6 Å². The Bertz CT molecular complexity index is 859. The summed E-state index contributed by atoms with van der Waals surface area (Å²) in [5, 5.41) is 5.83. The number of hydrogen-bond donors (Lipinski definition) is 2. The van der Waals surface area contributed by atoms with Crippen LogP contribution < -0.4 is 15.5 Å². The monoisotopic (exact) mass is 562 g/mol. The molecule has 2 aliphatic rings. The molecule has 2 N–H and O–H groups in total. The van der Waals surface area contributed by atoms with Gasteiger partial charge in [-0.3, -0.25) is 4.99 Å². The molecule has 0 radical (unpaired) electrons. The van der Waals surface area contributed by atoms with Crippen molar-refractivity contribution in [3.8, 4) is 0 Å². The molecule has 1 aromatic carbocycles. The molecule has 1 atom stereocenters. The van der Waals surface area contributed by atoms with Gasteiger partial charge in [0.1, 0.15) is 0 Å². The van der Waals surface area contributed by atoms with Gasteiger partial charge in [0.05, 0.1) is 30.3 Å². The van der Waals surface area contributed by atoms with Gasteiger partial charge < -0.3 is 20.3 Å². The number of sulfone groups is 1. The molecule has 0 amide bonds. The first-order valence-electron chi connectivity index (χ1n) is 9.38. The van der Waals surface area contributed by atoms with Gasteiger partial charge >= 0.3 is 6.18 Å². The van der Waals surface area contributed by atoms with Crippen molar-refractivity contribution in [3.05, 3.63) is 29.3 Å². The first kappa shape index (κ1) is 25.0. The number of halogens is 4. The topological polar surface area (TPSA) is 83.0 Å². The zero-order chi connectivity index (χ0) is 21.1. The number of aliphatic imine (C=N–C) groups is 1. The molecule has 0 saturated carbocycles. The maximum absolute atomic E-state index is 13.6. The van der Waals surface area contributed by atoms with Gasteiger partial charge in [0, 0.05) is 38.4 Å². The van der Waals surface area contributed by atoms with E-state index in [-0.39, 0.29) is 59.6 Å². The van der Waals surface area contributed by atoms with E-state index in [2.05, 4.69) is 15.6 Å². The molecule has 12 heteroatoms. The standard InChI is InChI=1S/C18H25F3N4O3S.HI/c1-22-17(24-14-4-9-29(26,27)12-14)23-11-13-2-3-15(10-16(13)18(19,20)21)25-5-7-28-8-6-25;/h2-3,10,14H,4-9,11-12H2,1H3,(H2,22,23,24);1H. The van der Waals surface area contributed by atoms with E-state index in [4.69, 9.17) is 4.74 Å². The quantitative estimate of drug-likeness (QED) is 0.332. The summed E-state index contributed by atoms with van der Waals surface area (Å²) < 4.78 is 69.3. The van der Waals surface area contributed by atoms with Crippen molar-refractivity contribution in [1.82, 2.24) is 10.6 Å². The van der Waals surface area contributed by atoms with Crippen molar-refractivity contribution in [2.24, 2.45) is 4.99 Å². The Morgan fingerprint density at radius 1 is 1.30 bits per heavy atom. The van der Waals surface area contributed by atoms with E-state index >= 15 is 0 Å². The van der Waals surface area contributed by atoms with Gasteiger partial charge in [-0.25, -0.2) is 8.42 Å². The zero-order valence-electron chi connectivity index (χ0n) is 16.5. The van der Waals surface area contributed by atoms with Crippen molar-refractivity contribution in [2.45, 2.75) is 25.2 Å². The normalized spacial score (nSPS) is 21.8. The Morgan fingerprint density at radius 2 is 2.00 bits per heavy atom. The lowest BCUT2D eigenvalue weighted by atomic mass is 10.0. The molecule has 170 valence electrons. The first-order chi connectivity index (χ1) is 13.7. The molecule has 0 spiro atoms. The minimum Gasteiger partial charge on any atom is -0.378 e. The highest BCUT2D eigenvalue weighted by Crippen LogP contribution is 2.35. The van der Waals surface area contributed by atoms with Crippen molar-refractivity contribution < 1.29 is 26.3 Å². The summed E-state index contributed by atoms with van der Waals surface area (Å²) in [5.41, 5.74) is -0.0903. The number of nitrogens with one attached hydrogen (secondary N) is 2. The van der Waals surface area contributed by atoms with Crippen LogP contribution in [0, 0.1) is 0 Å². The minimum absolute atomic E-state index is 0. The van der Waals surface area contributed by atoms with Crippen LogP contribution in [0.4, 0.5) is 18.9 Å². The molecule has 7 nitrogen and oxygen atoms in total. The highest BCUT2D eigenvalue weighted by atomic mass is 127. The van der Waals surface area contributed by atoms with Crippen LogP contribution in [-0.4, -0.2) is 65.3 Å². The molecule has 2 aliphatic heterocycles. The number of hydrogen-bond acceptors (Lipinski definition) is 5. The van der Waals surface area contributed by atoms with Gasteiger partial charge in [-0.2, -0.15) is 13.2 Å². The Labute approximate surface area is 191 Å². The number of morpholine rings is 1. The number of ether oxygens (including phenoxy) is 1. The van der Waals surface area contributed by atoms with E-state index in [9.17, 15) is 21.6 Å². The smallest absolute Gasteiger partial charge is 0.378 e. The van der Waals surface area contributed by atoms with Gasteiger partial charge in [-0.1, -0.05) is 6.07 Å². The second-order valence-corrected chi connectivity index (χ2v) is 9.34. The highest BCUT2D eigenvalue weighted by molar-refractivity contribution is 14.0. The molecule has 1 aromatic rings. The number of benzene rings is 1. The van der Waals surface area contributed by atoms with Crippen LogP contribution in [-0.2, 0) is 27.3 Å². The van der Waals surface area contributed by atoms with Crippen LogP contribution in [0.25, 0.3) is 0 Å². The van der Waals surface area contributed by atoms with E-state index in [0.29, 0.717) is 38.4 Å². The van der Waals surface area contributed by atoms with Gasteiger partial charge in [-0.15, -0.1) is 24.0 Å².